The number of nitrogens with zero attached hydrogens (tertiary/aromatic N) is 3. The van der Waals surface area contributed by atoms with Crippen molar-refractivity contribution in [2.24, 2.45) is 0 Å². The van der Waals surface area contributed by atoms with Gasteiger partial charge in [-0.05, 0) is 12.8 Å². The minimum Gasteiger partial charge on any atom is -0.393 e. The summed E-state index contributed by atoms with van der Waals surface area (Å²) in [6.07, 6.45) is -4.14. The molecule has 0 atom stereocenters. The lowest BCUT2D eigenvalue weighted by Gasteiger charge is -2.31. The van der Waals surface area contributed by atoms with Crippen LogP contribution >= 0.6 is 0 Å². The average molecular weight is 251 g/mol. The molecule has 17 heavy (non-hydrogen) atoms. The zero-order valence-corrected chi connectivity index (χ0v) is 8.39. The Kier molecular flexibility index (Phi) is 2.57. The van der Waals surface area contributed by atoms with E-state index in [2.05, 4.69) is 5.10 Å². The number of aromatic nitrogens is 2. The summed E-state index contributed by atoms with van der Waals surface area (Å²) in [7, 11) is 0. The molecular weight excluding hydrogens is 243 g/mol. The van der Waals surface area contributed by atoms with Crippen LogP contribution in [0, 0.1) is 10.1 Å². The molecule has 1 aromatic rings. The molecule has 1 N–H and O–H groups in total. The van der Waals surface area contributed by atoms with Crippen molar-refractivity contribution in [3.8, 4) is 0 Å². The van der Waals surface area contributed by atoms with E-state index in [0.29, 0.717) is 0 Å². The van der Waals surface area contributed by atoms with Gasteiger partial charge in [-0.1, -0.05) is 0 Å². The third kappa shape index (κ3) is 2.09. The Bertz CT molecular complexity index is 451. The fourth-order valence-corrected chi connectivity index (χ4v) is 1.68. The average Bonchev–Trinajstić information content (AvgIpc) is 2.56. The second-order valence-electron chi connectivity index (χ2n) is 3.88. The Labute approximate surface area is 92.8 Å². The van der Waals surface area contributed by atoms with Crippen molar-refractivity contribution in [3.05, 3.63) is 22.0 Å². The fourth-order valence-electron chi connectivity index (χ4n) is 1.68. The zero-order chi connectivity index (χ0) is 12.8. The standard InChI is InChI=1S/C8H8F3N3O3/c9-8(10,11)7-6(14(16)17)3-13(12-7)4-1-5(15)2-4/h3-5,15H,1-2H2/t4-,5-. The zero-order valence-electron chi connectivity index (χ0n) is 8.39. The smallest absolute Gasteiger partial charge is 0.393 e. The molecule has 1 saturated carbocycles. The highest BCUT2D eigenvalue weighted by atomic mass is 19.4. The molecule has 0 spiro atoms. The van der Waals surface area contributed by atoms with E-state index in [9.17, 15) is 23.3 Å². The molecular formula is C8H8F3N3O3. The maximum absolute atomic E-state index is 12.5. The van der Waals surface area contributed by atoms with Crippen LogP contribution in [-0.2, 0) is 6.18 Å². The molecule has 6 nitrogen and oxygen atoms in total. The van der Waals surface area contributed by atoms with E-state index in [-0.39, 0.29) is 12.8 Å². The number of rotatable bonds is 2. The number of nitro groups is 1. The van der Waals surface area contributed by atoms with Gasteiger partial charge in [0.25, 0.3) is 0 Å². The van der Waals surface area contributed by atoms with Gasteiger partial charge >= 0.3 is 11.9 Å². The van der Waals surface area contributed by atoms with Gasteiger partial charge in [-0.25, -0.2) is 0 Å². The van der Waals surface area contributed by atoms with Crippen LogP contribution in [0.4, 0.5) is 18.9 Å². The molecule has 0 aromatic carbocycles. The van der Waals surface area contributed by atoms with Crippen molar-refractivity contribution < 1.29 is 23.2 Å². The maximum atomic E-state index is 12.5. The van der Waals surface area contributed by atoms with Gasteiger partial charge in [-0.2, -0.15) is 18.3 Å². The summed E-state index contributed by atoms with van der Waals surface area (Å²) >= 11 is 0. The van der Waals surface area contributed by atoms with E-state index < -0.39 is 34.6 Å². The lowest BCUT2D eigenvalue weighted by atomic mass is 9.90. The van der Waals surface area contributed by atoms with Crippen molar-refractivity contribution in [3.63, 3.8) is 0 Å². The number of alkyl halides is 3. The van der Waals surface area contributed by atoms with Crippen LogP contribution in [0.25, 0.3) is 0 Å². The molecule has 0 saturated heterocycles. The lowest BCUT2D eigenvalue weighted by molar-refractivity contribution is -0.388. The van der Waals surface area contributed by atoms with E-state index in [1.165, 1.54) is 0 Å². The van der Waals surface area contributed by atoms with Crippen LogP contribution in [0.2, 0.25) is 0 Å². The molecule has 0 radical (unpaired) electrons. The minimum atomic E-state index is -4.85. The van der Waals surface area contributed by atoms with E-state index in [1.54, 1.807) is 0 Å². The molecule has 94 valence electrons. The first-order chi connectivity index (χ1) is 7.79. The lowest BCUT2D eigenvalue weighted by Crippen LogP contribution is -2.31. The molecule has 1 aliphatic carbocycles. The molecule has 0 aliphatic heterocycles. The summed E-state index contributed by atoms with van der Waals surface area (Å²) in [4.78, 5) is 9.37. The van der Waals surface area contributed by atoms with Crippen LogP contribution in [0.1, 0.15) is 24.6 Å². The van der Waals surface area contributed by atoms with Crippen molar-refractivity contribution >= 4 is 5.69 Å². The van der Waals surface area contributed by atoms with E-state index >= 15 is 0 Å². The molecule has 9 heteroatoms. The molecule has 0 bridgehead atoms. The van der Waals surface area contributed by atoms with Crippen LogP contribution in [0.3, 0.4) is 0 Å². The largest absolute Gasteiger partial charge is 0.442 e. The number of halogens is 3. The Morgan fingerprint density at radius 2 is 2.12 bits per heavy atom. The summed E-state index contributed by atoms with van der Waals surface area (Å²) in [6.45, 7) is 0. The van der Waals surface area contributed by atoms with Crippen molar-refractivity contribution in [2.45, 2.75) is 31.2 Å². The fraction of sp³-hybridized carbons (Fsp3) is 0.625. The van der Waals surface area contributed by atoms with Gasteiger partial charge in [0.2, 0.25) is 5.69 Å². The van der Waals surface area contributed by atoms with Crippen LogP contribution in [0.5, 0.6) is 0 Å². The van der Waals surface area contributed by atoms with Crippen LogP contribution in [0.15, 0.2) is 6.20 Å². The van der Waals surface area contributed by atoms with Crippen molar-refractivity contribution in [2.75, 3.05) is 0 Å². The van der Waals surface area contributed by atoms with Gasteiger partial charge in [0.05, 0.1) is 17.1 Å². The first kappa shape index (κ1) is 11.8. The second kappa shape index (κ2) is 3.69. The Balaban J connectivity index is 2.35. The summed E-state index contributed by atoms with van der Waals surface area (Å²) in [5.41, 5.74) is -2.55. The first-order valence-corrected chi connectivity index (χ1v) is 4.78. The van der Waals surface area contributed by atoms with Crippen LogP contribution < -0.4 is 0 Å². The highest BCUT2D eigenvalue weighted by Crippen LogP contribution is 2.38. The number of hydrogen-bond donors (Lipinski definition) is 1. The normalized spacial score (nSPS) is 24.5. The number of aliphatic hydroxyl groups is 1. The Hall–Kier alpha value is -1.64. The second-order valence-corrected chi connectivity index (χ2v) is 3.88. The van der Waals surface area contributed by atoms with Gasteiger partial charge in [0.15, 0.2) is 0 Å². The molecule has 1 heterocycles. The van der Waals surface area contributed by atoms with E-state index in [0.717, 1.165) is 10.9 Å². The summed E-state index contributed by atoms with van der Waals surface area (Å²) in [5.74, 6) is 0. The minimum absolute atomic E-state index is 0.260. The monoisotopic (exact) mass is 251 g/mol. The molecule has 1 aromatic heterocycles. The number of hydrogen-bond acceptors (Lipinski definition) is 4. The van der Waals surface area contributed by atoms with Gasteiger partial charge in [-0.3, -0.25) is 14.8 Å². The predicted molar refractivity (Wildman–Crippen MR) is 48.2 cm³/mol. The van der Waals surface area contributed by atoms with E-state index in [4.69, 9.17) is 5.11 Å². The molecule has 1 fully saturated rings. The predicted octanol–water partition coefficient (Wildman–Crippen LogP) is 1.51. The molecule has 0 amide bonds. The van der Waals surface area contributed by atoms with Crippen molar-refractivity contribution in [1.82, 2.24) is 9.78 Å². The van der Waals surface area contributed by atoms with Crippen molar-refractivity contribution in [1.29, 1.82) is 0 Å². The van der Waals surface area contributed by atoms with Gasteiger partial charge < -0.3 is 5.11 Å². The van der Waals surface area contributed by atoms with E-state index in [1.807, 2.05) is 0 Å². The SMILES string of the molecule is O=[N+]([O-])c1cn([C@H]2C[C@H](O)C2)nc1C(F)(F)F. The third-order valence-electron chi connectivity index (χ3n) is 2.64. The Morgan fingerprint density at radius 3 is 2.47 bits per heavy atom. The summed E-state index contributed by atoms with van der Waals surface area (Å²) in [6, 6.07) is -0.403. The highest BCUT2D eigenvalue weighted by Gasteiger charge is 2.43. The van der Waals surface area contributed by atoms with Gasteiger partial charge in [0.1, 0.15) is 6.20 Å². The highest BCUT2D eigenvalue weighted by molar-refractivity contribution is 5.35. The quantitative estimate of drug-likeness (QED) is 0.638. The first-order valence-electron chi connectivity index (χ1n) is 4.78. The Morgan fingerprint density at radius 1 is 1.53 bits per heavy atom. The third-order valence-corrected chi connectivity index (χ3v) is 2.64. The van der Waals surface area contributed by atoms with Gasteiger partial charge in [-0.15, -0.1) is 0 Å². The topological polar surface area (TPSA) is 81.2 Å². The molecule has 1 aliphatic rings. The maximum Gasteiger partial charge on any atom is 0.442 e. The summed E-state index contributed by atoms with van der Waals surface area (Å²) < 4.78 is 38.3. The van der Waals surface area contributed by atoms with Gasteiger partial charge in [0, 0.05) is 0 Å². The molecule has 2 rings (SSSR count). The number of aliphatic hydroxyl groups excluding tert-OH is 1. The summed E-state index contributed by atoms with van der Waals surface area (Å²) in [5, 5.41) is 22.7. The molecule has 0 unspecified atom stereocenters. The van der Waals surface area contributed by atoms with Crippen LogP contribution in [-0.4, -0.2) is 25.9 Å².